The Balaban J connectivity index is 2.28. The van der Waals surface area contributed by atoms with Crippen molar-refractivity contribution in [3.63, 3.8) is 0 Å². The summed E-state index contributed by atoms with van der Waals surface area (Å²) in [6.07, 6.45) is 1.03. The van der Waals surface area contributed by atoms with Gasteiger partial charge in [0.2, 0.25) is 5.91 Å². The van der Waals surface area contributed by atoms with Crippen LogP contribution in [0, 0.1) is 5.92 Å². The second kappa shape index (κ2) is 8.05. The van der Waals surface area contributed by atoms with Gasteiger partial charge in [-0.3, -0.25) is 4.79 Å². The standard InChI is InChI=1S/C17H28N2O/c1-14(2)10-11-19-16(20)12-18-13-17(3,4)15-8-6-5-7-9-15/h5-9,14,18H,10-13H2,1-4H3,(H,19,20). The van der Waals surface area contributed by atoms with E-state index >= 15 is 0 Å². The van der Waals surface area contributed by atoms with Crippen LogP contribution in [-0.2, 0) is 10.2 Å². The average Bonchev–Trinajstić information content (AvgIpc) is 2.39. The molecule has 0 saturated carbocycles. The van der Waals surface area contributed by atoms with Crippen LogP contribution < -0.4 is 10.6 Å². The van der Waals surface area contributed by atoms with Gasteiger partial charge in [-0.25, -0.2) is 0 Å². The Morgan fingerprint density at radius 2 is 1.85 bits per heavy atom. The Bertz CT molecular complexity index is 399. The minimum Gasteiger partial charge on any atom is -0.355 e. The maximum absolute atomic E-state index is 11.7. The summed E-state index contributed by atoms with van der Waals surface area (Å²) in [5, 5.41) is 6.19. The highest BCUT2D eigenvalue weighted by atomic mass is 16.1. The quantitative estimate of drug-likeness (QED) is 0.766. The van der Waals surface area contributed by atoms with Gasteiger partial charge in [0, 0.05) is 18.5 Å². The van der Waals surface area contributed by atoms with Gasteiger partial charge in [-0.15, -0.1) is 0 Å². The first-order valence-corrected chi connectivity index (χ1v) is 7.45. The van der Waals surface area contributed by atoms with Crippen LogP contribution in [-0.4, -0.2) is 25.5 Å². The molecule has 0 aliphatic heterocycles. The van der Waals surface area contributed by atoms with Crippen molar-refractivity contribution in [1.82, 2.24) is 10.6 Å². The summed E-state index contributed by atoms with van der Waals surface area (Å²) >= 11 is 0. The number of carbonyl (C=O) groups is 1. The fourth-order valence-electron chi connectivity index (χ4n) is 2.04. The van der Waals surface area contributed by atoms with E-state index < -0.39 is 0 Å². The lowest BCUT2D eigenvalue weighted by Crippen LogP contribution is -2.40. The van der Waals surface area contributed by atoms with Crippen molar-refractivity contribution in [3.05, 3.63) is 35.9 Å². The number of nitrogens with one attached hydrogen (secondary N) is 2. The first kappa shape index (κ1) is 16.7. The van der Waals surface area contributed by atoms with Crippen LogP contribution in [0.2, 0.25) is 0 Å². The number of amides is 1. The van der Waals surface area contributed by atoms with Gasteiger partial charge in [0.1, 0.15) is 0 Å². The number of hydrogen-bond donors (Lipinski definition) is 2. The largest absolute Gasteiger partial charge is 0.355 e. The van der Waals surface area contributed by atoms with E-state index in [-0.39, 0.29) is 11.3 Å². The van der Waals surface area contributed by atoms with Crippen molar-refractivity contribution in [2.45, 2.75) is 39.5 Å². The lowest BCUT2D eigenvalue weighted by Gasteiger charge is -2.25. The molecule has 112 valence electrons. The minimum absolute atomic E-state index is 0.0273. The van der Waals surface area contributed by atoms with Crippen molar-refractivity contribution in [1.29, 1.82) is 0 Å². The molecule has 0 aliphatic carbocycles. The highest BCUT2D eigenvalue weighted by Crippen LogP contribution is 2.21. The average molecular weight is 276 g/mol. The summed E-state index contributed by atoms with van der Waals surface area (Å²) in [6, 6.07) is 10.4. The van der Waals surface area contributed by atoms with E-state index in [1.165, 1.54) is 5.56 Å². The first-order valence-electron chi connectivity index (χ1n) is 7.45. The van der Waals surface area contributed by atoms with E-state index in [4.69, 9.17) is 0 Å². The van der Waals surface area contributed by atoms with Crippen LogP contribution in [0.4, 0.5) is 0 Å². The number of benzene rings is 1. The molecule has 0 heterocycles. The van der Waals surface area contributed by atoms with Crippen LogP contribution in [0.15, 0.2) is 30.3 Å². The smallest absolute Gasteiger partial charge is 0.233 e. The second-order valence-corrected chi connectivity index (χ2v) is 6.39. The van der Waals surface area contributed by atoms with E-state index in [0.29, 0.717) is 12.5 Å². The van der Waals surface area contributed by atoms with Gasteiger partial charge >= 0.3 is 0 Å². The van der Waals surface area contributed by atoms with Crippen molar-refractivity contribution < 1.29 is 4.79 Å². The molecule has 1 aromatic carbocycles. The maximum Gasteiger partial charge on any atom is 0.233 e. The molecule has 0 atom stereocenters. The molecule has 0 aliphatic rings. The number of rotatable bonds is 8. The molecule has 0 spiro atoms. The topological polar surface area (TPSA) is 41.1 Å². The van der Waals surface area contributed by atoms with Crippen LogP contribution in [0.1, 0.15) is 39.7 Å². The molecule has 3 heteroatoms. The molecule has 0 bridgehead atoms. The van der Waals surface area contributed by atoms with Crippen LogP contribution in [0.3, 0.4) is 0 Å². The normalized spacial score (nSPS) is 11.7. The van der Waals surface area contributed by atoms with Crippen LogP contribution in [0.5, 0.6) is 0 Å². The van der Waals surface area contributed by atoms with Crippen molar-refractivity contribution in [2.75, 3.05) is 19.6 Å². The van der Waals surface area contributed by atoms with Crippen molar-refractivity contribution >= 4 is 5.91 Å². The van der Waals surface area contributed by atoms with Gasteiger partial charge in [0.05, 0.1) is 6.54 Å². The lowest BCUT2D eigenvalue weighted by molar-refractivity contribution is -0.120. The fraction of sp³-hybridized carbons (Fsp3) is 0.588. The highest BCUT2D eigenvalue weighted by molar-refractivity contribution is 5.77. The van der Waals surface area contributed by atoms with Crippen LogP contribution >= 0.6 is 0 Å². The van der Waals surface area contributed by atoms with Gasteiger partial charge in [0.25, 0.3) is 0 Å². The maximum atomic E-state index is 11.7. The third-order valence-corrected chi connectivity index (χ3v) is 3.45. The van der Waals surface area contributed by atoms with Gasteiger partial charge in [-0.1, -0.05) is 58.0 Å². The Labute approximate surface area is 123 Å². The van der Waals surface area contributed by atoms with Gasteiger partial charge in [-0.05, 0) is 17.9 Å². The molecular formula is C17H28N2O. The third-order valence-electron chi connectivity index (χ3n) is 3.45. The Hall–Kier alpha value is -1.35. The zero-order valence-corrected chi connectivity index (χ0v) is 13.2. The molecule has 20 heavy (non-hydrogen) atoms. The summed E-state index contributed by atoms with van der Waals surface area (Å²) in [6.45, 7) is 10.6. The molecule has 1 amide bonds. The summed E-state index contributed by atoms with van der Waals surface area (Å²) < 4.78 is 0. The molecular weight excluding hydrogens is 248 g/mol. The molecule has 0 fully saturated rings. The van der Waals surface area contributed by atoms with E-state index in [2.05, 4.69) is 62.6 Å². The first-order chi connectivity index (χ1) is 9.42. The van der Waals surface area contributed by atoms with E-state index in [1.807, 2.05) is 6.07 Å². The Kier molecular flexibility index (Phi) is 6.73. The molecule has 3 nitrogen and oxygen atoms in total. The second-order valence-electron chi connectivity index (χ2n) is 6.39. The molecule has 1 aromatic rings. The van der Waals surface area contributed by atoms with Gasteiger partial charge in [-0.2, -0.15) is 0 Å². The molecule has 0 saturated heterocycles. The van der Waals surface area contributed by atoms with Crippen LogP contribution in [0.25, 0.3) is 0 Å². The molecule has 2 N–H and O–H groups in total. The Morgan fingerprint density at radius 1 is 1.20 bits per heavy atom. The van der Waals surface area contributed by atoms with E-state index in [1.54, 1.807) is 0 Å². The summed E-state index contributed by atoms with van der Waals surface area (Å²) in [7, 11) is 0. The number of hydrogen-bond acceptors (Lipinski definition) is 2. The lowest BCUT2D eigenvalue weighted by atomic mass is 9.85. The zero-order chi connectivity index (χ0) is 15.0. The van der Waals surface area contributed by atoms with E-state index in [9.17, 15) is 4.79 Å². The summed E-state index contributed by atoms with van der Waals surface area (Å²) in [5.41, 5.74) is 1.31. The molecule has 0 unspecified atom stereocenters. The van der Waals surface area contributed by atoms with Crippen molar-refractivity contribution in [3.8, 4) is 0 Å². The minimum atomic E-state index is 0.0273. The summed E-state index contributed by atoms with van der Waals surface area (Å²) in [5.74, 6) is 0.704. The fourth-order valence-corrected chi connectivity index (χ4v) is 2.04. The number of carbonyl (C=O) groups excluding carboxylic acids is 1. The Morgan fingerprint density at radius 3 is 2.45 bits per heavy atom. The monoisotopic (exact) mass is 276 g/mol. The molecule has 0 aromatic heterocycles. The SMILES string of the molecule is CC(C)CCNC(=O)CNCC(C)(C)c1ccccc1. The predicted molar refractivity (Wildman–Crippen MR) is 84.8 cm³/mol. The van der Waals surface area contributed by atoms with E-state index in [0.717, 1.165) is 19.5 Å². The van der Waals surface area contributed by atoms with Gasteiger partial charge in [0.15, 0.2) is 0 Å². The van der Waals surface area contributed by atoms with Gasteiger partial charge < -0.3 is 10.6 Å². The zero-order valence-electron chi connectivity index (χ0n) is 13.2. The predicted octanol–water partition coefficient (Wildman–Crippen LogP) is 2.72. The molecule has 1 rings (SSSR count). The summed E-state index contributed by atoms with van der Waals surface area (Å²) in [4.78, 5) is 11.7. The molecule has 0 radical (unpaired) electrons. The highest BCUT2D eigenvalue weighted by Gasteiger charge is 2.19. The van der Waals surface area contributed by atoms with Crippen molar-refractivity contribution in [2.24, 2.45) is 5.92 Å². The third kappa shape index (κ3) is 6.20.